The predicted molar refractivity (Wildman–Crippen MR) is 84.0 cm³/mol. The number of nitrogen functional groups attached to an aromatic ring is 1. The van der Waals surface area contributed by atoms with Crippen LogP contribution in [0.3, 0.4) is 0 Å². The second-order valence-electron chi connectivity index (χ2n) is 5.30. The average Bonchev–Trinajstić information content (AvgIpc) is 2.89. The lowest BCUT2D eigenvalue weighted by Crippen LogP contribution is -2.29. The molecule has 4 nitrogen and oxygen atoms in total. The highest BCUT2D eigenvalue weighted by molar-refractivity contribution is 6.09. The topological polar surface area (TPSA) is 55.6 Å². The van der Waals surface area contributed by atoms with Crippen molar-refractivity contribution in [2.45, 2.75) is 13.3 Å². The summed E-state index contributed by atoms with van der Waals surface area (Å²) in [6.45, 7) is 2.64. The maximum atomic E-state index is 12.9. The first-order chi connectivity index (χ1) is 10.1. The van der Waals surface area contributed by atoms with Gasteiger partial charge in [0.05, 0.1) is 12.7 Å². The molecule has 0 spiro atoms. The van der Waals surface area contributed by atoms with Gasteiger partial charge in [-0.15, -0.1) is 0 Å². The molecule has 0 radical (unpaired) electrons. The number of anilines is 2. The summed E-state index contributed by atoms with van der Waals surface area (Å²) >= 11 is 0. The summed E-state index contributed by atoms with van der Waals surface area (Å²) in [5.41, 5.74) is 10.2. The van der Waals surface area contributed by atoms with Crippen molar-refractivity contribution in [2.75, 3.05) is 24.3 Å². The molecule has 2 aromatic carbocycles. The molecule has 0 atom stereocenters. The number of hydrogen-bond acceptors (Lipinski definition) is 3. The predicted octanol–water partition coefficient (Wildman–Crippen LogP) is 2.79. The van der Waals surface area contributed by atoms with E-state index in [4.69, 9.17) is 10.5 Å². The molecule has 0 saturated heterocycles. The van der Waals surface area contributed by atoms with Crippen LogP contribution in [0.1, 0.15) is 21.5 Å². The minimum absolute atomic E-state index is 0.0418. The van der Waals surface area contributed by atoms with Gasteiger partial charge in [-0.25, -0.2) is 0 Å². The van der Waals surface area contributed by atoms with Crippen molar-refractivity contribution in [2.24, 2.45) is 0 Å². The summed E-state index contributed by atoms with van der Waals surface area (Å²) in [6, 6.07) is 11.4. The van der Waals surface area contributed by atoms with Crippen LogP contribution in [-0.4, -0.2) is 19.6 Å². The molecule has 0 bridgehead atoms. The van der Waals surface area contributed by atoms with Gasteiger partial charge < -0.3 is 15.4 Å². The van der Waals surface area contributed by atoms with Gasteiger partial charge in [-0.1, -0.05) is 17.7 Å². The monoisotopic (exact) mass is 282 g/mol. The van der Waals surface area contributed by atoms with Gasteiger partial charge in [-0.3, -0.25) is 4.79 Å². The summed E-state index contributed by atoms with van der Waals surface area (Å²) in [5.74, 6) is 0.558. The van der Waals surface area contributed by atoms with E-state index in [1.807, 2.05) is 43.3 Å². The van der Waals surface area contributed by atoms with Crippen LogP contribution in [0.25, 0.3) is 0 Å². The van der Waals surface area contributed by atoms with Crippen molar-refractivity contribution in [1.29, 1.82) is 0 Å². The third kappa shape index (κ3) is 2.33. The number of carbonyl (C=O) groups is 1. The van der Waals surface area contributed by atoms with Crippen molar-refractivity contribution < 1.29 is 9.53 Å². The smallest absolute Gasteiger partial charge is 0.262 e. The van der Waals surface area contributed by atoms with Crippen LogP contribution < -0.4 is 15.4 Å². The molecule has 1 amide bonds. The zero-order valence-corrected chi connectivity index (χ0v) is 12.2. The van der Waals surface area contributed by atoms with Crippen molar-refractivity contribution in [3.63, 3.8) is 0 Å². The third-order valence-corrected chi connectivity index (χ3v) is 3.84. The van der Waals surface area contributed by atoms with E-state index in [0.717, 1.165) is 23.2 Å². The van der Waals surface area contributed by atoms with Crippen molar-refractivity contribution in [1.82, 2.24) is 0 Å². The molecule has 0 fully saturated rings. The fourth-order valence-corrected chi connectivity index (χ4v) is 2.74. The Balaban J connectivity index is 2.02. The first-order valence-electron chi connectivity index (χ1n) is 6.95. The molecule has 108 valence electrons. The van der Waals surface area contributed by atoms with Gasteiger partial charge in [0.2, 0.25) is 0 Å². The van der Waals surface area contributed by atoms with Crippen molar-refractivity contribution >= 4 is 17.3 Å². The Bertz CT molecular complexity index is 710. The van der Waals surface area contributed by atoms with E-state index >= 15 is 0 Å². The first-order valence-corrected chi connectivity index (χ1v) is 6.95. The lowest BCUT2D eigenvalue weighted by atomic mass is 10.1. The number of aryl methyl sites for hydroxylation is 1. The number of amides is 1. The molecule has 2 aromatic rings. The van der Waals surface area contributed by atoms with Gasteiger partial charge in [-0.05, 0) is 43.2 Å². The molecule has 2 N–H and O–H groups in total. The number of ether oxygens (including phenoxy) is 1. The molecule has 0 aromatic heterocycles. The van der Waals surface area contributed by atoms with E-state index in [9.17, 15) is 4.79 Å². The molecular formula is C17H18N2O2. The van der Waals surface area contributed by atoms with Crippen LogP contribution in [0.2, 0.25) is 0 Å². The van der Waals surface area contributed by atoms with E-state index in [1.165, 1.54) is 0 Å². The van der Waals surface area contributed by atoms with E-state index in [2.05, 4.69) is 0 Å². The molecule has 1 aliphatic rings. The SMILES string of the molecule is COc1ccc(C)cc1C(=O)N1CCc2ccc(N)cc21. The number of hydrogen-bond donors (Lipinski definition) is 1. The van der Waals surface area contributed by atoms with Crippen molar-refractivity contribution in [3.05, 3.63) is 53.1 Å². The van der Waals surface area contributed by atoms with Crippen LogP contribution >= 0.6 is 0 Å². The van der Waals surface area contributed by atoms with Gasteiger partial charge in [0.25, 0.3) is 5.91 Å². The lowest BCUT2D eigenvalue weighted by Gasteiger charge is -2.19. The standard InChI is InChI=1S/C17H18N2O2/c1-11-3-6-16(21-2)14(9-11)17(20)19-8-7-12-4-5-13(18)10-15(12)19/h3-6,9-10H,7-8,18H2,1-2H3. The van der Waals surface area contributed by atoms with Gasteiger partial charge in [0.15, 0.2) is 0 Å². The summed E-state index contributed by atoms with van der Waals surface area (Å²) in [7, 11) is 1.58. The van der Waals surface area contributed by atoms with E-state index < -0.39 is 0 Å². The van der Waals surface area contributed by atoms with E-state index in [0.29, 0.717) is 23.5 Å². The van der Waals surface area contributed by atoms with Gasteiger partial charge in [0, 0.05) is 17.9 Å². The molecule has 0 unspecified atom stereocenters. The van der Waals surface area contributed by atoms with Crippen LogP contribution in [0, 0.1) is 6.92 Å². The molecule has 0 aliphatic carbocycles. The maximum Gasteiger partial charge on any atom is 0.262 e. The largest absolute Gasteiger partial charge is 0.496 e. The summed E-state index contributed by atoms with van der Waals surface area (Å²) in [5, 5.41) is 0. The fraction of sp³-hybridized carbons (Fsp3) is 0.235. The third-order valence-electron chi connectivity index (χ3n) is 3.84. The van der Waals surface area contributed by atoms with Crippen LogP contribution in [0.4, 0.5) is 11.4 Å². The highest BCUT2D eigenvalue weighted by Gasteiger charge is 2.27. The number of benzene rings is 2. The molecule has 0 saturated carbocycles. The van der Waals surface area contributed by atoms with E-state index in [-0.39, 0.29) is 5.91 Å². The first kappa shape index (κ1) is 13.5. The minimum Gasteiger partial charge on any atom is -0.496 e. The Morgan fingerprint density at radius 3 is 2.81 bits per heavy atom. The summed E-state index contributed by atoms with van der Waals surface area (Å²) in [4.78, 5) is 14.6. The van der Waals surface area contributed by atoms with Gasteiger partial charge >= 0.3 is 0 Å². The number of nitrogens with zero attached hydrogens (tertiary/aromatic N) is 1. The molecule has 1 aliphatic heterocycles. The van der Waals surface area contributed by atoms with Crippen LogP contribution in [0.5, 0.6) is 5.75 Å². The summed E-state index contributed by atoms with van der Waals surface area (Å²) < 4.78 is 5.32. The number of nitrogens with two attached hydrogens (primary N) is 1. The Kier molecular flexibility index (Phi) is 3.29. The number of carbonyl (C=O) groups excluding carboxylic acids is 1. The Labute approximate surface area is 124 Å². The molecule has 4 heteroatoms. The highest BCUT2D eigenvalue weighted by Crippen LogP contribution is 2.32. The number of rotatable bonds is 2. The van der Waals surface area contributed by atoms with Crippen LogP contribution in [0.15, 0.2) is 36.4 Å². The highest BCUT2D eigenvalue weighted by atomic mass is 16.5. The lowest BCUT2D eigenvalue weighted by molar-refractivity contribution is 0.0986. The minimum atomic E-state index is -0.0418. The quantitative estimate of drug-likeness (QED) is 0.862. The number of methoxy groups -OCH3 is 1. The zero-order chi connectivity index (χ0) is 15.0. The van der Waals surface area contributed by atoms with Crippen LogP contribution in [-0.2, 0) is 6.42 Å². The molecule has 21 heavy (non-hydrogen) atoms. The molecule has 3 rings (SSSR count). The Morgan fingerprint density at radius 2 is 2.05 bits per heavy atom. The summed E-state index contributed by atoms with van der Waals surface area (Å²) in [6.07, 6.45) is 0.857. The second kappa shape index (κ2) is 5.13. The zero-order valence-electron chi connectivity index (χ0n) is 12.2. The Hall–Kier alpha value is -2.49. The molecular weight excluding hydrogens is 264 g/mol. The normalized spacial score (nSPS) is 13.1. The number of fused-ring (bicyclic) bond motifs is 1. The van der Waals surface area contributed by atoms with E-state index in [1.54, 1.807) is 12.0 Å². The second-order valence-corrected chi connectivity index (χ2v) is 5.30. The van der Waals surface area contributed by atoms with Crippen molar-refractivity contribution in [3.8, 4) is 5.75 Å². The maximum absolute atomic E-state index is 12.9. The van der Waals surface area contributed by atoms with Gasteiger partial charge in [0.1, 0.15) is 5.75 Å². The fourth-order valence-electron chi connectivity index (χ4n) is 2.74. The molecule has 1 heterocycles. The average molecular weight is 282 g/mol. The Morgan fingerprint density at radius 1 is 1.24 bits per heavy atom. The van der Waals surface area contributed by atoms with Gasteiger partial charge in [-0.2, -0.15) is 0 Å².